The number of phenolic OH excluding ortho intramolecular Hbond substituents is 1. The first-order chi connectivity index (χ1) is 6.72. The molecule has 3 nitrogen and oxygen atoms in total. The van der Waals surface area contributed by atoms with Crippen LogP contribution in [0.3, 0.4) is 0 Å². The summed E-state index contributed by atoms with van der Waals surface area (Å²) in [6.45, 7) is 0. The highest BCUT2D eigenvalue weighted by atomic mass is 16.3. The number of benzene rings is 2. The molecule has 2 aromatic carbocycles. The van der Waals surface area contributed by atoms with Gasteiger partial charge in [0.05, 0.1) is 5.69 Å². The fourth-order valence-corrected chi connectivity index (χ4v) is 1.34. The third-order valence-corrected chi connectivity index (χ3v) is 2.02. The van der Waals surface area contributed by atoms with Crippen LogP contribution in [0.5, 0.6) is 5.75 Å². The Morgan fingerprint density at radius 3 is 2.77 bits per heavy atom. The highest BCUT2D eigenvalue weighted by Gasteiger charge is 2.02. The summed E-state index contributed by atoms with van der Waals surface area (Å²) in [5, 5.41) is 6.20. The van der Waals surface area contributed by atoms with Crippen molar-refractivity contribution in [3.63, 3.8) is 0 Å². The Balaban J connectivity index is 2.82. The molecule has 0 aliphatic carbocycles. The molecule has 0 saturated heterocycles. The summed E-state index contributed by atoms with van der Waals surface area (Å²) in [6, 6.07) is 8.92. The molecular weight excluding hydrogens is 164 g/mol. The summed E-state index contributed by atoms with van der Waals surface area (Å²) in [5.74, 6) is 0.377. The lowest BCUT2D eigenvalue weighted by molar-refractivity contribution is 0.484. The maximum absolute atomic E-state index is 6.91. The predicted octanol–water partition coefficient (Wildman–Crippen LogP) is 1.71. The first kappa shape index (κ1) is 6.60. The molecule has 2 rings (SSSR count). The Morgan fingerprint density at radius 1 is 1.15 bits per heavy atom. The molecular formula is C10H10N2O. The maximum atomic E-state index is 6.91. The van der Waals surface area contributed by atoms with Crippen LogP contribution in [0.25, 0.3) is 10.8 Å². The van der Waals surface area contributed by atoms with E-state index in [9.17, 15) is 0 Å². The van der Waals surface area contributed by atoms with Crippen molar-refractivity contribution in [2.75, 3.05) is 11.5 Å². The minimum Gasteiger partial charge on any atom is -0.505 e. The average Bonchev–Trinajstić information content (AvgIpc) is 2.18. The standard InChI is InChI=1S/C10H10N2O/c11-7-2-3-8-6(5-7)1-4-9(12)10(8)13/h1-5,13H,11-12H2/i/hD. The largest absolute Gasteiger partial charge is 0.505 e. The summed E-state index contributed by atoms with van der Waals surface area (Å²) in [7, 11) is 0. The van der Waals surface area contributed by atoms with Crippen molar-refractivity contribution < 1.29 is 5.11 Å². The van der Waals surface area contributed by atoms with Gasteiger partial charge in [0.1, 0.15) is 5.75 Å². The van der Waals surface area contributed by atoms with E-state index in [0.29, 0.717) is 17.1 Å². The van der Waals surface area contributed by atoms with Crippen molar-refractivity contribution in [2.45, 2.75) is 0 Å². The minimum absolute atomic E-state index is 0.377. The van der Waals surface area contributed by atoms with Crippen molar-refractivity contribution in [3.8, 4) is 5.75 Å². The van der Waals surface area contributed by atoms with E-state index in [1.54, 1.807) is 18.2 Å². The fraction of sp³-hybridized carbons (Fsp3) is 0. The number of nitrogens with two attached hydrogens (primary N) is 2. The molecule has 0 bridgehead atoms. The van der Waals surface area contributed by atoms with Gasteiger partial charge in [-0.25, -0.2) is 0 Å². The summed E-state index contributed by atoms with van der Waals surface area (Å²) in [4.78, 5) is 0. The number of rotatable bonds is 1. The van der Waals surface area contributed by atoms with E-state index in [4.69, 9.17) is 12.9 Å². The van der Waals surface area contributed by atoms with E-state index in [1.165, 1.54) is 0 Å². The number of fused-ring (bicyclic) bond motifs is 1. The molecule has 0 heterocycles. The van der Waals surface area contributed by atoms with Crippen molar-refractivity contribution in [1.29, 1.82) is 1.43 Å². The van der Waals surface area contributed by atoms with Gasteiger partial charge in [-0.1, -0.05) is 6.07 Å². The summed E-state index contributed by atoms with van der Waals surface area (Å²) < 4.78 is 6.91. The topological polar surface area (TPSA) is 72.3 Å². The van der Waals surface area contributed by atoms with Gasteiger partial charge in [0.15, 0.2) is 0 Å². The predicted molar refractivity (Wildman–Crippen MR) is 54.4 cm³/mol. The van der Waals surface area contributed by atoms with Crippen LogP contribution >= 0.6 is 0 Å². The molecule has 2 aromatic rings. The summed E-state index contributed by atoms with van der Waals surface area (Å²) >= 11 is 0. The molecule has 0 saturated carbocycles. The zero-order valence-electron chi connectivity index (χ0n) is 7.95. The molecule has 0 atom stereocenters. The molecule has 0 aliphatic heterocycles. The molecule has 3 heteroatoms. The molecule has 0 spiro atoms. The molecule has 13 heavy (non-hydrogen) atoms. The molecule has 0 radical (unpaired) electrons. The van der Waals surface area contributed by atoms with Gasteiger partial charge < -0.3 is 16.6 Å². The lowest BCUT2D eigenvalue weighted by Gasteiger charge is -2.04. The minimum atomic E-state index is 0.377. The normalized spacial score (nSPS) is 11.2. The third-order valence-electron chi connectivity index (χ3n) is 2.02. The Hall–Kier alpha value is -1.90. The van der Waals surface area contributed by atoms with E-state index in [0.717, 1.165) is 10.8 Å². The van der Waals surface area contributed by atoms with E-state index in [2.05, 4.69) is 5.11 Å². The number of anilines is 2. The van der Waals surface area contributed by atoms with Crippen LogP contribution < -0.4 is 11.5 Å². The van der Waals surface area contributed by atoms with E-state index in [-0.39, 0.29) is 0 Å². The second-order valence-corrected chi connectivity index (χ2v) is 2.96. The summed E-state index contributed by atoms with van der Waals surface area (Å²) in [6.07, 6.45) is 0. The van der Waals surface area contributed by atoms with Crippen molar-refractivity contribution >= 4 is 22.1 Å². The number of hydrogen-bond acceptors (Lipinski definition) is 3. The molecule has 0 unspecified atom stereocenters. The molecule has 0 fully saturated rings. The quantitative estimate of drug-likeness (QED) is 0.456. The summed E-state index contributed by atoms with van der Waals surface area (Å²) in [5.41, 5.74) is 12.4. The monoisotopic (exact) mass is 175 g/mol. The van der Waals surface area contributed by atoms with Gasteiger partial charge in [-0.2, -0.15) is 0 Å². The lowest BCUT2D eigenvalue weighted by Crippen LogP contribution is -1.88. The van der Waals surface area contributed by atoms with Gasteiger partial charge in [-0.15, -0.1) is 0 Å². The van der Waals surface area contributed by atoms with Crippen LogP contribution in [0.2, 0.25) is 0 Å². The third kappa shape index (κ3) is 1.14. The number of phenols is 1. The van der Waals surface area contributed by atoms with Crippen molar-refractivity contribution in [1.82, 2.24) is 0 Å². The molecule has 66 valence electrons. The first-order valence-corrected chi connectivity index (χ1v) is 3.93. The van der Waals surface area contributed by atoms with Gasteiger partial charge in [0.2, 0.25) is 0 Å². The zero-order valence-corrected chi connectivity index (χ0v) is 6.95. The number of hydrogen-bond donors (Lipinski definition) is 3. The molecule has 0 aliphatic rings. The van der Waals surface area contributed by atoms with Crippen LogP contribution in [0, 0.1) is 0 Å². The Bertz CT molecular complexity index is 485. The highest BCUT2D eigenvalue weighted by Crippen LogP contribution is 2.31. The van der Waals surface area contributed by atoms with Crippen LogP contribution in [0.4, 0.5) is 11.4 Å². The van der Waals surface area contributed by atoms with Crippen molar-refractivity contribution in [2.24, 2.45) is 0 Å². The van der Waals surface area contributed by atoms with Gasteiger partial charge in [-0.3, -0.25) is 0 Å². The second kappa shape index (κ2) is 2.55. The van der Waals surface area contributed by atoms with Gasteiger partial charge >= 0.3 is 0 Å². The van der Waals surface area contributed by atoms with Gasteiger partial charge in [0, 0.05) is 11.1 Å². The van der Waals surface area contributed by atoms with E-state index < -0.39 is 0 Å². The van der Waals surface area contributed by atoms with Crippen LogP contribution in [0.1, 0.15) is 0 Å². The Kier molecular flexibility index (Phi) is 1.30. The van der Waals surface area contributed by atoms with Crippen LogP contribution in [0.15, 0.2) is 30.3 Å². The highest BCUT2D eigenvalue weighted by molar-refractivity contribution is 5.94. The van der Waals surface area contributed by atoms with Gasteiger partial charge in [-0.05, 0) is 29.7 Å². The maximum Gasteiger partial charge on any atom is 0.293 e. The first-order valence-electron chi connectivity index (χ1n) is 4.34. The van der Waals surface area contributed by atoms with Crippen molar-refractivity contribution in [3.05, 3.63) is 30.3 Å². The second-order valence-electron chi connectivity index (χ2n) is 2.96. The lowest BCUT2D eigenvalue weighted by atomic mass is 10.1. The fourth-order valence-electron chi connectivity index (χ4n) is 1.34. The van der Waals surface area contributed by atoms with Crippen LogP contribution in [-0.4, -0.2) is 6.54 Å². The van der Waals surface area contributed by atoms with E-state index >= 15 is 0 Å². The molecule has 0 aromatic heterocycles. The van der Waals surface area contributed by atoms with Crippen LogP contribution in [-0.2, 0) is 0 Å². The SMILES string of the molecule is [2H]Oc1c(N)ccc2cc(N)ccc12. The molecule has 0 amide bonds. The van der Waals surface area contributed by atoms with Gasteiger partial charge in [0.25, 0.3) is 1.43 Å². The average molecular weight is 175 g/mol. The number of aromatic hydroxyl groups is 1. The zero-order chi connectivity index (χ0) is 10.1. The smallest absolute Gasteiger partial charge is 0.293 e. The Labute approximate surface area is 77.1 Å². The number of nitrogen functional groups attached to an aromatic ring is 2. The van der Waals surface area contributed by atoms with E-state index in [1.807, 2.05) is 12.1 Å². The molecule has 5 N–H and O–H groups in total. The Morgan fingerprint density at radius 2 is 2.00 bits per heavy atom.